The minimum absolute atomic E-state index is 0.304. The molecule has 1 heterocycles. The molecule has 0 saturated heterocycles. The van der Waals surface area contributed by atoms with Crippen molar-refractivity contribution in [2.45, 2.75) is 32.9 Å². The van der Waals surface area contributed by atoms with Gasteiger partial charge in [-0.3, -0.25) is 0 Å². The maximum atomic E-state index is 12.2. The molecule has 0 spiro atoms. The van der Waals surface area contributed by atoms with Gasteiger partial charge < -0.3 is 14.9 Å². The summed E-state index contributed by atoms with van der Waals surface area (Å²) in [7, 11) is 3.17. The summed E-state index contributed by atoms with van der Waals surface area (Å²) in [4.78, 5) is 31.1. The van der Waals surface area contributed by atoms with Crippen LogP contribution in [0, 0.1) is 6.92 Å². The van der Waals surface area contributed by atoms with E-state index in [2.05, 4.69) is 4.98 Å². The third-order valence-corrected chi connectivity index (χ3v) is 3.91. The Morgan fingerprint density at radius 3 is 2.53 bits per heavy atom. The zero-order valence-corrected chi connectivity index (χ0v) is 12.4. The number of aryl methyl sites for hydroxylation is 1. The van der Waals surface area contributed by atoms with E-state index < -0.39 is 12.0 Å². The fourth-order valence-electron chi connectivity index (χ4n) is 1.78. The van der Waals surface area contributed by atoms with Crippen molar-refractivity contribution in [1.29, 1.82) is 0 Å². The van der Waals surface area contributed by atoms with Gasteiger partial charge in [0, 0.05) is 19.0 Å². The predicted octanol–water partition coefficient (Wildman–Crippen LogP) is 1.80. The smallest absolute Gasteiger partial charge is 0.326 e. The Labute approximate surface area is 116 Å². The maximum Gasteiger partial charge on any atom is 0.326 e. The van der Waals surface area contributed by atoms with E-state index in [1.165, 1.54) is 28.2 Å². The monoisotopic (exact) mass is 285 g/mol. The molecule has 0 radical (unpaired) electrons. The number of nitrogens with zero attached hydrogens (tertiary/aromatic N) is 3. The molecule has 19 heavy (non-hydrogen) atoms. The molecule has 106 valence electrons. The van der Waals surface area contributed by atoms with E-state index in [-0.39, 0.29) is 6.03 Å². The molecule has 0 aliphatic heterocycles. The zero-order chi connectivity index (χ0) is 14.6. The molecule has 1 atom stereocenters. The number of thiazole rings is 1. The van der Waals surface area contributed by atoms with Crippen molar-refractivity contribution < 1.29 is 14.7 Å². The second-order valence-electron chi connectivity index (χ2n) is 4.37. The molecule has 0 aliphatic rings. The minimum atomic E-state index is -0.985. The van der Waals surface area contributed by atoms with Crippen LogP contribution in [0.25, 0.3) is 0 Å². The summed E-state index contributed by atoms with van der Waals surface area (Å²) < 4.78 is 0. The van der Waals surface area contributed by atoms with E-state index in [0.29, 0.717) is 13.0 Å². The Kier molecular flexibility index (Phi) is 5.29. The molecule has 6 nitrogen and oxygen atoms in total. The average Bonchev–Trinajstić information content (AvgIpc) is 2.74. The van der Waals surface area contributed by atoms with Gasteiger partial charge in [-0.1, -0.05) is 6.92 Å². The third-order valence-electron chi connectivity index (χ3n) is 2.99. The molecule has 0 bridgehead atoms. The third kappa shape index (κ3) is 3.66. The van der Waals surface area contributed by atoms with E-state index in [1.54, 1.807) is 19.5 Å². The number of rotatable bonds is 5. The molecule has 1 N–H and O–H groups in total. The number of aliphatic carboxylic acids is 1. The van der Waals surface area contributed by atoms with Gasteiger partial charge in [-0.05, 0) is 13.3 Å². The summed E-state index contributed by atoms with van der Waals surface area (Å²) in [5.41, 5.74) is 2.64. The lowest BCUT2D eigenvalue weighted by atomic mass is 10.2. The molecule has 0 saturated carbocycles. The van der Waals surface area contributed by atoms with Crippen LogP contribution in [-0.4, -0.2) is 52.0 Å². The second kappa shape index (κ2) is 6.51. The SMILES string of the molecule is CCC(C(=O)O)N(C)C(=O)N(C)Cc1scnc1C. The average molecular weight is 285 g/mol. The molecule has 2 amide bonds. The van der Waals surface area contributed by atoms with E-state index in [4.69, 9.17) is 5.11 Å². The highest BCUT2D eigenvalue weighted by molar-refractivity contribution is 7.09. The summed E-state index contributed by atoms with van der Waals surface area (Å²) in [5, 5.41) is 9.05. The Hall–Kier alpha value is -1.63. The van der Waals surface area contributed by atoms with Crippen molar-refractivity contribution in [3.05, 3.63) is 16.1 Å². The lowest BCUT2D eigenvalue weighted by Gasteiger charge is -2.28. The zero-order valence-electron chi connectivity index (χ0n) is 11.6. The van der Waals surface area contributed by atoms with Crippen molar-refractivity contribution in [2.75, 3.05) is 14.1 Å². The highest BCUT2D eigenvalue weighted by Gasteiger charge is 2.27. The van der Waals surface area contributed by atoms with Gasteiger partial charge in [0.05, 0.1) is 17.7 Å². The maximum absolute atomic E-state index is 12.2. The van der Waals surface area contributed by atoms with Gasteiger partial charge >= 0.3 is 12.0 Å². The van der Waals surface area contributed by atoms with Crippen LogP contribution in [0.3, 0.4) is 0 Å². The highest BCUT2D eigenvalue weighted by Crippen LogP contribution is 2.15. The van der Waals surface area contributed by atoms with Crippen LogP contribution in [0.4, 0.5) is 4.79 Å². The highest BCUT2D eigenvalue weighted by atomic mass is 32.1. The van der Waals surface area contributed by atoms with Crippen LogP contribution in [0.5, 0.6) is 0 Å². The number of amides is 2. The van der Waals surface area contributed by atoms with Gasteiger partial charge in [-0.25, -0.2) is 14.6 Å². The second-order valence-corrected chi connectivity index (χ2v) is 5.31. The van der Waals surface area contributed by atoms with Gasteiger partial charge in [0.2, 0.25) is 0 Å². The van der Waals surface area contributed by atoms with Crippen molar-refractivity contribution in [1.82, 2.24) is 14.8 Å². The molecule has 1 aromatic rings. The Balaban J connectivity index is 2.71. The molecule has 1 aromatic heterocycles. The van der Waals surface area contributed by atoms with Crippen LogP contribution in [0.2, 0.25) is 0 Å². The summed E-state index contributed by atoms with van der Waals surface area (Å²) in [6, 6.07) is -1.10. The molecule has 1 rings (SSSR count). The molecular formula is C12H19N3O3S. The Morgan fingerprint density at radius 1 is 1.47 bits per heavy atom. The number of aromatic nitrogens is 1. The molecule has 1 unspecified atom stereocenters. The van der Waals surface area contributed by atoms with Crippen LogP contribution in [0.15, 0.2) is 5.51 Å². The van der Waals surface area contributed by atoms with Gasteiger partial charge in [0.25, 0.3) is 0 Å². The van der Waals surface area contributed by atoms with Crippen LogP contribution < -0.4 is 0 Å². The topological polar surface area (TPSA) is 73.7 Å². The Bertz CT molecular complexity index is 461. The number of carbonyl (C=O) groups is 2. The van der Waals surface area contributed by atoms with E-state index in [1.807, 2.05) is 6.92 Å². The predicted molar refractivity (Wildman–Crippen MR) is 73.2 cm³/mol. The van der Waals surface area contributed by atoms with Crippen molar-refractivity contribution >= 4 is 23.3 Å². The first kappa shape index (κ1) is 15.4. The molecule has 7 heteroatoms. The minimum Gasteiger partial charge on any atom is -0.480 e. The standard InChI is InChI=1S/C12H19N3O3S/c1-5-9(11(16)17)15(4)12(18)14(3)6-10-8(2)13-7-19-10/h7,9H,5-6H2,1-4H3,(H,16,17). The summed E-state index contributed by atoms with van der Waals surface area (Å²) >= 11 is 1.49. The van der Waals surface area contributed by atoms with Crippen LogP contribution >= 0.6 is 11.3 Å². The van der Waals surface area contributed by atoms with Gasteiger partial charge in [0.1, 0.15) is 6.04 Å². The van der Waals surface area contributed by atoms with Crippen LogP contribution in [-0.2, 0) is 11.3 Å². The van der Waals surface area contributed by atoms with Crippen LogP contribution in [0.1, 0.15) is 23.9 Å². The number of hydrogen-bond donors (Lipinski definition) is 1. The lowest BCUT2D eigenvalue weighted by molar-refractivity contribution is -0.142. The summed E-state index contributed by atoms with van der Waals surface area (Å²) in [5.74, 6) is -0.985. The van der Waals surface area contributed by atoms with Crippen molar-refractivity contribution in [2.24, 2.45) is 0 Å². The van der Waals surface area contributed by atoms with Gasteiger partial charge in [-0.15, -0.1) is 11.3 Å². The van der Waals surface area contributed by atoms with Crippen molar-refractivity contribution in [3.63, 3.8) is 0 Å². The quantitative estimate of drug-likeness (QED) is 0.895. The molecular weight excluding hydrogens is 266 g/mol. The first-order chi connectivity index (χ1) is 8.88. The van der Waals surface area contributed by atoms with E-state index in [0.717, 1.165) is 10.6 Å². The number of urea groups is 1. The number of likely N-dealkylation sites (N-methyl/N-ethyl adjacent to an activating group) is 1. The number of carbonyl (C=O) groups excluding carboxylic acids is 1. The molecule has 0 aromatic carbocycles. The number of carboxylic acid groups (broad SMARTS) is 1. The van der Waals surface area contributed by atoms with Gasteiger partial charge in [0.15, 0.2) is 0 Å². The normalized spacial score (nSPS) is 12.0. The fourth-order valence-corrected chi connectivity index (χ4v) is 2.61. The Morgan fingerprint density at radius 2 is 2.11 bits per heavy atom. The summed E-state index contributed by atoms with van der Waals surface area (Å²) in [6.45, 7) is 4.07. The first-order valence-electron chi connectivity index (χ1n) is 5.98. The lowest BCUT2D eigenvalue weighted by Crippen LogP contribution is -2.47. The number of carboxylic acids is 1. The first-order valence-corrected chi connectivity index (χ1v) is 6.86. The summed E-state index contributed by atoms with van der Waals surface area (Å²) in [6.07, 6.45) is 0.380. The van der Waals surface area contributed by atoms with Gasteiger partial charge in [-0.2, -0.15) is 0 Å². The molecule has 0 aliphatic carbocycles. The van der Waals surface area contributed by atoms with Crippen molar-refractivity contribution in [3.8, 4) is 0 Å². The van der Waals surface area contributed by atoms with E-state index in [9.17, 15) is 9.59 Å². The molecule has 0 fully saturated rings. The fraction of sp³-hybridized carbons (Fsp3) is 0.583. The van der Waals surface area contributed by atoms with E-state index >= 15 is 0 Å². The largest absolute Gasteiger partial charge is 0.480 e. The number of hydrogen-bond acceptors (Lipinski definition) is 4.